The van der Waals surface area contributed by atoms with Crippen LogP contribution in [0.25, 0.3) is 0 Å². The smallest absolute Gasteiger partial charge is 0.310 e. The molecule has 0 aromatic carbocycles. The number of methoxy groups -OCH3 is 1. The number of carbonyl (C=O) groups is 1. The van der Waals surface area contributed by atoms with E-state index in [1.54, 1.807) is 13.2 Å². The quantitative estimate of drug-likeness (QED) is 0.755. The van der Waals surface area contributed by atoms with Gasteiger partial charge >= 0.3 is 5.97 Å². The molecule has 7 heteroatoms. The lowest BCUT2D eigenvalue weighted by Gasteiger charge is -2.33. The summed E-state index contributed by atoms with van der Waals surface area (Å²) in [5.74, 6) is -0.340. The number of anilines is 1. The van der Waals surface area contributed by atoms with Gasteiger partial charge in [-0.2, -0.15) is 5.10 Å². The van der Waals surface area contributed by atoms with Crippen LogP contribution in [0.3, 0.4) is 0 Å². The van der Waals surface area contributed by atoms with Gasteiger partial charge in [0.15, 0.2) is 0 Å². The molecule has 1 aromatic rings. The van der Waals surface area contributed by atoms with Crippen LogP contribution >= 0.6 is 15.9 Å². The van der Waals surface area contributed by atoms with Crippen LogP contribution < -0.4 is 10.5 Å². The Balaban J connectivity index is 2.25. The van der Waals surface area contributed by atoms with Crippen molar-refractivity contribution >= 4 is 27.6 Å². The van der Waals surface area contributed by atoms with Gasteiger partial charge in [-0.3, -0.25) is 9.59 Å². The van der Waals surface area contributed by atoms with Gasteiger partial charge in [-0.15, -0.1) is 0 Å². The van der Waals surface area contributed by atoms with Crippen molar-refractivity contribution in [1.82, 2.24) is 9.78 Å². The maximum absolute atomic E-state index is 11.8. The predicted octanol–water partition coefficient (Wildman–Crippen LogP) is 0.932. The van der Waals surface area contributed by atoms with Crippen molar-refractivity contribution < 1.29 is 9.53 Å². The van der Waals surface area contributed by atoms with Gasteiger partial charge in [0.25, 0.3) is 5.56 Å². The maximum Gasteiger partial charge on any atom is 0.310 e. The van der Waals surface area contributed by atoms with Crippen LogP contribution in [-0.4, -0.2) is 35.9 Å². The second-order valence-electron chi connectivity index (χ2n) is 4.58. The van der Waals surface area contributed by atoms with E-state index in [2.05, 4.69) is 21.0 Å². The minimum absolute atomic E-state index is 0.144. The first-order chi connectivity index (χ1) is 9.04. The number of ether oxygens (including phenoxy) is 1. The van der Waals surface area contributed by atoms with Gasteiger partial charge in [0.2, 0.25) is 0 Å². The zero-order valence-electron chi connectivity index (χ0n) is 10.9. The molecule has 1 aliphatic rings. The van der Waals surface area contributed by atoms with E-state index in [4.69, 9.17) is 4.74 Å². The monoisotopic (exact) mass is 329 g/mol. The number of halogens is 1. The summed E-state index contributed by atoms with van der Waals surface area (Å²) in [5.41, 5.74) is 0.550. The minimum atomic E-state index is -0.197. The molecule has 0 amide bonds. The number of rotatable bonds is 2. The number of esters is 1. The Labute approximate surface area is 119 Å². The Morgan fingerprint density at radius 1 is 1.58 bits per heavy atom. The number of aromatic nitrogens is 2. The highest BCUT2D eigenvalue weighted by molar-refractivity contribution is 9.10. The minimum Gasteiger partial charge on any atom is -0.469 e. The lowest BCUT2D eigenvalue weighted by atomic mass is 9.98. The molecule has 19 heavy (non-hydrogen) atoms. The van der Waals surface area contributed by atoms with Crippen molar-refractivity contribution in [3.05, 3.63) is 21.0 Å². The van der Waals surface area contributed by atoms with Crippen LogP contribution in [0.2, 0.25) is 0 Å². The molecule has 0 aliphatic carbocycles. The highest BCUT2D eigenvalue weighted by atomic mass is 79.9. The summed E-state index contributed by atoms with van der Waals surface area (Å²) >= 11 is 3.31. The summed E-state index contributed by atoms with van der Waals surface area (Å²) in [6.07, 6.45) is 3.35. The van der Waals surface area contributed by atoms with E-state index in [1.807, 2.05) is 4.90 Å². The molecule has 0 saturated carbocycles. The highest BCUT2D eigenvalue weighted by Gasteiger charge is 2.28. The number of hydrogen-bond donors (Lipinski definition) is 0. The maximum atomic E-state index is 11.8. The van der Waals surface area contributed by atoms with Crippen LogP contribution in [-0.2, 0) is 16.6 Å². The second-order valence-corrected chi connectivity index (χ2v) is 5.37. The van der Waals surface area contributed by atoms with Crippen molar-refractivity contribution in [1.29, 1.82) is 0 Å². The first-order valence-electron chi connectivity index (χ1n) is 6.09. The Bertz CT molecular complexity index is 544. The Kier molecular flexibility index (Phi) is 4.24. The van der Waals surface area contributed by atoms with Crippen molar-refractivity contribution in [3.63, 3.8) is 0 Å². The van der Waals surface area contributed by atoms with E-state index in [0.717, 1.165) is 25.1 Å². The van der Waals surface area contributed by atoms with Gasteiger partial charge in [0.05, 0.1) is 24.9 Å². The number of carbonyl (C=O) groups excluding carboxylic acids is 1. The van der Waals surface area contributed by atoms with Crippen molar-refractivity contribution in [3.8, 4) is 0 Å². The number of nitrogens with zero attached hydrogens (tertiary/aromatic N) is 3. The Morgan fingerprint density at radius 2 is 2.32 bits per heavy atom. The topological polar surface area (TPSA) is 64.4 Å². The van der Waals surface area contributed by atoms with Crippen LogP contribution in [0.5, 0.6) is 0 Å². The fourth-order valence-corrected chi connectivity index (χ4v) is 2.89. The summed E-state index contributed by atoms with van der Waals surface area (Å²) in [6, 6.07) is 0. The van der Waals surface area contributed by atoms with Crippen LogP contribution in [0.4, 0.5) is 5.69 Å². The van der Waals surface area contributed by atoms with Gasteiger partial charge in [0, 0.05) is 20.1 Å². The zero-order chi connectivity index (χ0) is 14.0. The van der Waals surface area contributed by atoms with Gasteiger partial charge in [-0.25, -0.2) is 4.68 Å². The third-order valence-electron chi connectivity index (χ3n) is 3.36. The van der Waals surface area contributed by atoms with Crippen molar-refractivity contribution in [2.45, 2.75) is 12.8 Å². The molecule has 1 saturated heterocycles. The number of hydrogen-bond acceptors (Lipinski definition) is 5. The molecule has 2 heterocycles. The van der Waals surface area contributed by atoms with E-state index in [0.29, 0.717) is 11.0 Å². The van der Waals surface area contributed by atoms with Gasteiger partial charge in [-0.1, -0.05) is 0 Å². The Morgan fingerprint density at radius 3 is 3.00 bits per heavy atom. The average molecular weight is 330 g/mol. The normalized spacial score (nSPS) is 19.3. The van der Waals surface area contributed by atoms with Crippen LogP contribution in [0.15, 0.2) is 15.5 Å². The van der Waals surface area contributed by atoms with Gasteiger partial charge in [-0.05, 0) is 28.8 Å². The number of piperidine rings is 1. The molecule has 6 nitrogen and oxygen atoms in total. The van der Waals surface area contributed by atoms with Crippen molar-refractivity contribution in [2.75, 3.05) is 25.1 Å². The molecule has 0 bridgehead atoms. The summed E-state index contributed by atoms with van der Waals surface area (Å²) in [5, 5.41) is 4.02. The number of aryl methyl sites for hydroxylation is 1. The SMILES string of the molecule is COC(=O)[C@H]1CCCN(c2cnn(C)c(=O)c2Br)C1. The fourth-order valence-electron chi connectivity index (χ4n) is 2.28. The third-order valence-corrected chi connectivity index (χ3v) is 4.10. The molecular formula is C12H16BrN3O3. The summed E-state index contributed by atoms with van der Waals surface area (Å²) in [7, 11) is 3.00. The molecule has 2 rings (SSSR count). The molecule has 104 valence electrons. The molecule has 0 radical (unpaired) electrons. The van der Waals surface area contributed by atoms with Crippen LogP contribution in [0.1, 0.15) is 12.8 Å². The zero-order valence-corrected chi connectivity index (χ0v) is 12.5. The van der Waals surface area contributed by atoms with E-state index < -0.39 is 0 Å². The van der Waals surface area contributed by atoms with E-state index in [1.165, 1.54) is 11.8 Å². The van der Waals surface area contributed by atoms with Gasteiger partial charge in [0.1, 0.15) is 4.47 Å². The van der Waals surface area contributed by atoms with E-state index in [-0.39, 0.29) is 17.4 Å². The largest absolute Gasteiger partial charge is 0.469 e. The summed E-state index contributed by atoms with van der Waals surface area (Å²) < 4.78 is 6.54. The molecule has 1 fully saturated rings. The first-order valence-corrected chi connectivity index (χ1v) is 6.88. The molecule has 0 spiro atoms. The molecule has 1 aromatic heterocycles. The molecule has 1 aliphatic heterocycles. The highest BCUT2D eigenvalue weighted by Crippen LogP contribution is 2.27. The van der Waals surface area contributed by atoms with Gasteiger partial charge < -0.3 is 9.64 Å². The molecule has 0 unspecified atom stereocenters. The molecular weight excluding hydrogens is 314 g/mol. The van der Waals surface area contributed by atoms with Crippen LogP contribution in [0, 0.1) is 5.92 Å². The Hall–Kier alpha value is -1.37. The van der Waals surface area contributed by atoms with E-state index >= 15 is 0 Å². The molecule has 1 atom stereocenters. The predicted molar refractivity (Wildman–Crippen MR) is 74.1 cm³/mol. The fraction of sp³-hybridized carbons (Fsp3) is 0.583. The standard InChI is InChI=1S/C12H16BrN3O3/c1-15-11(17)10(13)9(6-14-15)16-5-3-4-8(7-16)12(18)19-2/h6,8H,3-5,7H2,1-2H3/t8-/m0/s1. The lowest BCUT2D eigenvalue weighted by Crippen LogP contribution is -2.40. The second kappa shape index (κ2) is 5.73. The third kappa shape index (κ3) is 2.80. The summed E-state index contributed by atoms with van der Waals surface area (Å²) in [4.78, 5) is 25.5. The van der Waals surface area contributed by atoms with Crippen molar-refractivity contribution in [2.24, 2.45) is 13.0 Å². The van der Waals surface area contributed by atoms with E-state index in [9.17, 15) is 9.59 Å². The average Bonchev–Trinajstić information content (AvgIpc) is 2.44. The lowest BCUT2D eigenvalue weighted by molar-refractivity contribution is -0.145. The first kappa shape index (κ1) is 14.0. The molecule has 0 N–H and O–H groups in total. The summed E-state index contributed by atoms with van der Waals surface area (Å²) in [6.45, 7) is 1.36.